The summed E-state index contributed by atoms with van der Waals surface area (Å²) in [6.45, 7) is 0.481. The van der Waals surface area contributed by atoms with Crippen molar-refractivity contribution in [2.75, 3.05) is 7.11 Å². The number of fused-ring (bicyclic) bond motifs is 3. The van der Waals surface area contributed by atoms with Gasteiger partial charge in [-0.3, -0.25) is 4.40 Å². The summed E-state index contributed by atoms with van der Waals surface area (Å²) in [5.41, 5.74) is 8.42. The minimum Gasteiger partial charge on any atom is -0.494 e. The molecule has 0 radical (unpaired) electrons. The molecule has 0 saturated heterocycles. The maximum atomic E-state index is 5.58. The number of aromatic nitrogens is 3. The molecule has 0 aliphatic heterocycles. The molecule has 0 unspecified atom stereocenters. The van der Waals surface area contributed by atoms with E-state index in [0.29, 0.717) is 6.54 Å². The lowest BCUT2D eigenvalue weighted by Crippen LogP contribution is -1.95. The van der Waals surface area contributed by atoms with Crippen LogP contribution in [0.25, 0.3) is 16.8 Å². The van der Waals surface area contributed by atoms with Gasteiger partial charge in [0.2, 0.25) is 5.78 Å². The standard InChI is InChI=1S/C11H12N4O/c1-16-9-4-2-3-8-10(9)14-11-13-7(5-12)6-15(8)11/h2-4,6H,5,12H2,1H3,(H,13,14). The second kappa shape index (κ2) is 3.24. The van der Waals surface area contributed by atoms with Gasteiger partial charge in [0.1, 0.15) is 11.3 Å². The lowest BCUT2D eigenvalue weighted by molar-refractivity contribution is 0.419. The number of H-pyrrole nitrogens is 1. The fraction of sp³-hybridized carbons (Fsp3) is 0.182. The molecule has 0 atom stereocenters. The fourth-order valence-electron chi connectivity index (χ4n) is 1.91. The molecular formula is C11H12N4O. The summed E-state index contributed by atoms with van der Waals surface area (Å²) in [5.74, 6) is 1.57. The SMILES string of the molecule is COc1cccc2c1nc1[nH]c(CN)cn12. The van der Waals surface area contributed by atoms with E-state index in [1.165, 1.54) is 0 Å². The number of hydrogen-bond donors (Lipinski definition) is 2. The highest BCUT2D eigenvalue weighted by atomic mass is 16.5. The number of methoxy groups -OCH3 is 1. The molecule has 3 aromatic rings. The van der Waals surface area contributed by atoms with Crippen molar-refractivity contribution in [2.45, 2.75) is 6.54 Å². The molecule has 0 bridgehead atoms. The number of rotatable bonds is 2. The summed E-state index contributed by atoms with van der Waals surface area (Å²) in [7, 11) is 1.65. The molecule has 2 aromatic heterocycles. The number of nitrogens with two attached hydrogens (primary N) is 1. The Bertz CT molecular complexity index is 652. The first kappa shape index (κ1) is 9.23. The summed E-state index contributed by atoms with van der Waals surface area (Å²) < 4.78 is 7.25. The van der Waals surface area contributed by atoms with E-state index in [0.717, 1.165) is 28.3 Å². The van der Waals surface area contributed by atoms with E-state index < -0.39 is 0 Å². The van der Waals surface area contributed by atoms with Crippen molar-refractivity contribution in [2.24, 2.45) is 5.73 Å². The van der Waals surface area contributed by atoms with Crippen molar-refractivity contribution in [3.8, 4) is 5.75 Å². The highest BCUT2D eigenvalue weighted by molar-refractivity contribution is 5.85. The van der Waals surface area contributed by atoms with Crippen LogP contribution in [0.5, 0.6) is 5.75 Å². The predicted octanol–water partition coefficient (Wildman–Crippen LogP) is 1.28. The number of nitrogens with zero attached hydrogens (tertiary/aromatic N) is 2. The first-order chi connectivity index (χ1) is 7.83. The molecule has 5 heteroatoms. The normalized spacial score (nSPS) is 11.4. The van der Waals surface area contributed by atoms with Crippen LogP contribution in [0.3, 0.4) is 0 Å². The summed E-state index contributed by atoms with van der Waals surface area (Å²) >= 11 is 0. The second-order valence-corrected chi connectivity index (χ2v) is 3.62. The summed E-state index contributed by atoms with van der Waals surface area (Å²) in [6.07, 6.45) is 1.96. The van der Waals surface area contributed by atoms with Crippen molar-refractivity contribution in [1.82, 2.24) is 14.4 Å². The first-order valence-electron chi connectivity index (χ1n) is 5.06. The molecule has 16 heavy (non-hydrogen) atoms. The van der Waals surface area contributed by atoms with Crippen LogP contribution < -0.4 is 10.5 Å². The molecule has 3 N–H and O–H groups in total. The van der Waals surface area contributed by atoms with E-state index >= 15 is 0 Å². The number of hydrogen-bond acceptors (Lipinski definition) is 3. The zero-order valence-corrected chi connectivity index (χ0v) is 8.90. The number of nitrogens with one attached hydrogen (secondary N) is 1. The van der Waals surface area contributed by atoms with Crippen molar-refractivity contribution in [1.29, 1.82) is 0 Å². The Morgan fingerprint density at radius 2 is 2.38 bits per heavy atom. The number of benzene rings is 1. The van der Waals surface area contributed by atoms with Crippen LogP contribution in [0.4, 0.5) is 0 Å². The van der Waals surface area contributed by atoms with Gasteiger partial charge in [-0.15, -0.1) is 0 Å². The molecule has 0 aliphatic carbocycles. The second-order valence-electron chi connectivity index (χ2n) is 3.62. The molecule has 0 aliphatic rings. The Labute approximate surface area is 91.8 Å². The summed E-state index contributed by atoms with van der Waals surface area (Å²) in [4.78, 5) is 7.64. The molecule has 82 valence electrons. The number of aromatic amines is 1. The van der Waals surface area contributed by atoms with Gasteiger partial charge in [0.25, 0.3) is 0 Å². The van der Waals surface area contributed by atoms with Gasteiger partial charge in [-0.1, -0.05) is 6.07 Å². The number of para-hydroxylation sites is 1. The molecule has 5 nitrogen and oxygen atoms in total. The highest BCUT2D eigenvalue weighted by Crippen LogP contribution is 2.25. The Morgan fingerprint density at radius 3 is 3.12 bits per heavy atom. The van der Waals surface area contributed by atoms with E-state index in [1.807, 2.05) is 28.8 Å². The molecule has 0 saturated carbocycles. The monoisotopic (exact) mass is 216 g/mol. The van der Waals surface area contributed by atoms with E-state index in [9.17, 15) is 0 Å². The van der Waals surface area contributed by atoms with Crippen molar-refractivity contribution >= 4 is 16.8 Å². The first-order valence-corrected chi connectivity index (χ1v) is 5.06. The summed E-state index contributed by atoms with van der Waals surface area (Å²) in [5, 5.41) is 0. The third-order valence-corrected chi connectivity index (χ3v) is 2.68. The molecule has 0 fully saturated rings. The zero-order valence-electron chi connectivity index (χ0n) is 8.90. The highest BCUT2D eigenvalue weighted by Gasteiger charge is 2.10. The lowest BCUT2D eigenvalue weighted by Gasteiger charge is -1.99. The van der Waals surface area contributed by atoms with Crippen LogP contribution in [0.15, 0.2) is 24.4 Å². The Hall–Kier alpha value is -2.01. The third kappa shape index (κ3) is 1.12. The largest absolute Gasteiger partial charge is 0.494 e. The van der Waals surface area contributed by atoms with Crippen LogP contribution in [-0.4, -0.2) is 21.5 Å². The molecule has 0 amide bonds. The molecule has 3 rings (SSSR count). The van der Waals surface area contributed by atoms with Crippen LogP contribution in [0.2, 0.25) is 0 Å². The minimum atomic E-state index is 0.481. The van der Waals surface area contributed by atoms with Crippen molar-refractivity contribution in [3.63, 3.8) is 0 Å². The minimum absolute atomic E-state index is 0.481. The van der Waals surface area contributed by atoms with Gasteiger partial charge in [0, 0.05) is 18.4 Å². The van der Waals surface area contributed by atoms with Gasteiger partial charge in [-0.05, 0) is 12.1 Å². The van der Waals surface area contributed by atoms with Crippen molar-refractivity contribution in [3.05, 3.63) is 30.1 Å². The van der Waals surface area contributed by atoms with E-state index in [2.05, 4.69) is 9.97 Å². The third-order valence-electron chi connectivity index (χ3n) is 2.68. The van der Waals surface area contributed by atoms with Gasteiger partial charge >= 0.3 is 0 Å². The van der Waals surface area contributed by atoms with Gasteiger partial charge < -0.3 is 15.5 Å². The number of imidazole rings is 2. The molecular weight excluding hydrogens is 204 g/mol. The van der Waals surface area contributed by atoms with E-state index in [1.54, 1.807) is 7.11 Å². The fourth-order valence-corrected chi connectivity index (χ4v) is 1.91. The average Bonchev–Trinajstić information content (AvgIpc) is 2.85. The Morgan fingerprint density at radius 1 is 1.50 bits per heavy atom. The smallest absolute Gasteiger partial charge is 0.212 e. The predicted molar refractivity (Wildman–Crippen MR) is 61.5 cm³/mol. The van der Waals surface area contributed by atoms with Crippen LogP contribution in [0, 0.1) is 0 Å². The van der Waals surface area contributed by atoms with Gasteiger partial charge in [0.15, 0.2) is 0 Å². The average molecular weight is 216 g/mol. The van der Waals surface area contributed by atoms with Crippen LogP contribution in [0.1, 0.15) is 5.69 Å². The molecule has 0 spiro atoms. The zero-order chi connectivity index (χ0) is 11.1. The quantitative estimate of drug-likeness (QED) is 0.678. The van der Waals surface area contributed by atoms with Crippen LogP contribution in [-0.2, 0) is 6.54 Å². The van der Waals surface area contributed by atoms with Gasteiger partial charge in [-0.25, -0.2) is 4.98 Å². The van der Waals surface area contributed by atoms with Crippen LogP contribution >= 0.6 is 0 Å². The summed E-state index contributed by atoms with van der Waals surface area (Å²) in [6, 6.07) is 5.86. The Kier molecular flexibility index (Phi) is 1.87. The van der Waals surface area contributed by atoms with Gasteiger partial charge in [0.05, 0.1) is 12.6 Å². The molecule has 1 aromatic carbocycles. The maximum absolute atomic E-state index is 5.58. The lowest BCUT2D eigenvalue weighted by atomic mass is 10.3. The van der Waals surface area contributed by atoms with E-state index in [4.69, 9.17) is 10.5 Å². The topological polar surface area (TPSA) is 68.3 Å². The van der Waals surface area contributed by atoms with E-state index in [-0.39, 0.29) is 0 Å². The van der Waals surface area contributed by atoms with Crippen molar-refractivity contribution < 1.29 is 4.74 Å². The Balaban J connectivity index is 2.39. The number of ether oxygens (including phenoxy) is 1. The van der Waals surface area contributed by atoms with Gasteiger partial charge in [-0.2, -0.15) is 0 Å². The maximum Gasteiger partial charge on any atom is 0.212 e. The molecule has 2 heterocycles.